The van der Waals surface area contributed by atoms with E-state index in [1.54, 1.807) is 26.0 Å². The molecule has 0 aromatic heterocycles. The Morgan fingerprint density at radius 3 is 1.97 bits per heavy atom. The molecule has 0 amide bonds. The number of benzene rings is 3. The molecule has 3 aromatic rings. The van der Waals surface area contributed by atoms with Gasteiger partial charge in [-0.2, -0.15) is 0 Å². The first-order valence-corrected chi connectivity index (χ1v) is 11.8. The smallest absolute Gasteiger partial charge is 0.341 e. The molecule has 0 saturated carbocycles. The molecule has 5 nitrogen and oxygen atoms in total. The summed E-state index contributed by atoms with van der Waals surface area (Å²) in [5.74, 6) is 1.98. The molecule has 32 heavy (non-hydrogen) atoms. The minimum Gasteiger partial charge on any atom is -0.497 e. The van der Waals surface area contributed by atoms with E-state index in [9.17, 15) is 4.79 Å². The maximum atomic E-state index is 10.7. The number of ether oxygens (including phenoxy) is 3. The molecule has 0 fully saturated rings. The van der Waals surface area contributed by atoms with Crippen molar-refractivity contribution in [1.29, 1.82) is 0 Å². The Bertz CT molecular complexity index is 1030. The molecule has 0 spiro atoms. The Morgan fingerprint density at radius 1 is 0.938 bits per heavy atom. The summed E-state index contributed by atoms with van der Waals surface area (Å²) in [5, 5.41) is 8.78. The highest BCUT2D eigenvalue weighted by atomic mass is 127. The van der Waals surface area contributed by atoms with Crippen molar-refractivity contribution in [2.24, 2.45) is 0 Å². The van der Waals surface area contributed by atoms with Crippen LogP contribution in [0.5, 0.6) is 17.2 Å². The molecular weight excluding hydrogens is 539 g/mol. The van der Waals surface area contributed by atoms with E-state index in [-0.39, 0.29) is 6.61 Å². The van der Waals surface area contributed by atoms with Gasteiger partial charge in [0.2, 0.25) is 0 Å². The molecule has 3 rings (SSSR count). The van der Waals surface area contributed by atoms with E-state index in [1.807, 2.05) is 42.5 Å². The van der Waals surface area contributed by atoms with Crippen LogP contribution in [-0.4, -0.2) is 37.7 Å². The van der Waals surface area contributed by atoms with E-state index >= 15 is 0 Å². The molecule has 0 heterocycles. The van der Waals surface area contributed by atoms with Gasteiger partial charge in [-0.25, -0.2) is 4.79 Å². The minimum absolute atomic E-state index is 0.349. The van der Waals surface area contributed by atoms with Gasteiger partial charge >= 0.3 is 5.97 Å². The van der Waals surface area contributed by atoms with Crippen LogP contribution in [0.1, 0.15) is 11.1 Å². The lowest BCUT2D eigenvalue weighted by Gasteiger charge is -2.11. The fourth-order valence-electron chi connectivity index (χ4n) is 2.99. The van der Waals surface area contributed by atoms with E-state index < -0.39 is 5.97 Å². The van der Waals surface area contributed by atoms with Gasteiger partial charge < -0.3 is 19.3 Å². The highest BCUT2D eigenvalue weighted by molar-refractivity contribution is 14.1. The van der Waals surface area contributed by atoms with Gasteiger partial charge in [0, 0.05) is 10.6 Å². The molecule has 0 atom stereocenters. The number of carbonyl (C=O) groups is 1. The quantitative estimate of drug-likeness (QED) is 0.242. The second-order valence-electron chi connectivity index (χ2n) is 6.66. The Morgan fingerprint density at radius 2 is 1.50 bits per heavy atom. The van der Waals surface area contributed by atoms with Crippen LogP contribution < -0.4 is 14.2 Å². The third kappa shape index (κ3) is 6.67. The Hall–Kier alpha value is -2.65. The average molecular weight is 562 g/mol. The number of halogens is 1. The van der Waals surface area contributed by atoms with Gasteiger partial charge in [-0.3, -0.25) is 0 Å². The standard InChI is InChI=1S/C25H23IO5S/c1-29-19-7-3-17(4-8-19)22(18-5-9-20(30-2)10-6-18)13-14-32-21-11-12-24(23(26)15-21)31-16-25(27)28/h3-13,15H,14,16H2,1-2H3,(H,27,28). The zero-order valence-electron chi connectivity index (χ0n) is 17.7. The third-order valence-corrected chi connectivity index (χ3v) is 6.36. The minimum atomic E-state index is -0.992. The van der Waals surface area contributed by atoms with Gasteiger partial charge in [0.05, 0.1) is 17.8 Å². The summed E-state index contributed by atoms with van der Waals surface area (Å²) in [4.78, 5) is 11.8. The summed E-state index contributed by atoms with van der Waals surface area (Å²) in [7, 11) is 3.32. The zero-order valence-corrected chi connectivity index (χ0v) is 20.7. The first kappa shape index (κ1) is 24.0. The van der Waals surface area contributed by atoms with E-state index in [1.165, 1.54) is 0 Å². The zero-order chi connectivity index (χ0) is 22.9. The number of aliphatic carboxylic acids is 1. The van der Waals surface area contributed by atoms with E-state index in [0.717, 1.165) is 42.4 Å². The first-order valence-electron chi connectivity index (χ1n) is 9.76. The summed E-state index contributed by atoms with van der Waals surface area (Å²) < 4.78 is 16.8. The van der Waals surface area contributed by atoms with Gasteiger partial charge in [0.1, 0.15) is 17.2 Å². The predicted molar refractivity (Wildman–Crippen MR) is 136 cm³/mol. The van der Waals surface area contributed by atoms with E-state index in [4.69, 9.17) is 19.3 Å². The number of carboxylic acid groups (broad SMARTS) is 1. The fraction of sp³-hybridized carbons (Fsp3) is 0.160. The fourth-order valence-corrected chi connectivity index (χ4v) is 4.68. The Balaban J connectivity index is 1.79. The number of methoxy groups -OCH3 is 2. The molecule has 0 aliphatic carbocycles. The van der Waals surface area contributed by atoms with Crippen molar-refractivity contribution < 1.29 is 24.1 Å². The molecule has 0 bridgehead atoms. The molecule has 3 aromatic carbocycles. The van der Waals surface area contributed by atoms with Gasteiger partial charge in [0.25, 0.3) is 0 Å². The number of thioether (sulfide) groups is 1. The highest BCUT2D eigenvalue weighted by Gasteiger charge is 2.08. The summed E-state index contributed by atoms with van der Waals surface area (Å²) >= 11 is 3.86. The van der Waals surface area contributed by atoms with Crippen LogP contribution in [0.15, 0.2) is 77.7 Å². The van der Waals surface area contributed by atoms with E-state index in [2.05, 4.69) is 52.9 Å². The van der Waals surface area contributed by atoms with Gasteiger partial charge in [-0.15, -0.1) is 11.8 Å². The van der Waals surface area contributed by atoms with Gasteiger partial charge in [0.15, 0.2) is 6.61 Å². The molecule has 7 heteroatoms. The lowest BCUT2D eigenvalue weighted by Crippen LogP contribution is -2.10. The Kier molecular flexibility index (Phi) is 8.87. The normalized spacial score (nSPS) is 10.3. The van der Waals surface area contributed by atoms with Gasteiger partial charge in [-0.05, 0) is 81.8 Å². The van der Waals surface area contributed by atoms with Crippen molar-refractivity contribution in [3.8, 4) is 17.2 Å². The Labute approximate surface area is 205 Å². The van der Waals surface area contributed by atoms with Crippen LogP contribution in [0.3, 0.4) is 0 Å². The van der Waals surface area contributed by atoms with Crippen molar-refractivity contribution in [1.82, 2.24) is 0 Å². The number of rotatable bonds is 10. The maximum absolute atomic E-state index is 10.7. The lowest BCUT2D eigenvalue weighted by atomic mass is 9.97. The topological polar surface area (TPSA) is 65.0 Å². The van der Waals surface area contributed by atoms with Crippen LogP contribution in [0.2, 0.25) is 0 Å². The second-order valence-corrected chi connectivity index (χ2v) is 8.92. The lowest BCUT2D eigenvalue weighted by molar-refractivity contribution is -0.139. The van der Waals surface area contributed by atoms with Crippen molar-refractivity contribution in [3.63, 3.8) is 0 Å². The molecule has 0 aliphatic rings. The van der Waals surface area contributed by atoms with Crippen molar-refractivity contribution in [2.75, 3.05) is 26.6 Å². The molecule has 0 saturated heterocycles. The monoisotopic (exact) mass is 562 g/mol. The largest absolute Gasteiger partial charge is 0.497 e. The van der Waals surface area contributed by atoms with Crippen LogP contribution in [-0.2, 0) is 4.79 Å². The van der Waals surface area contributed by atoms with Crippen molar-refractivity contribution >= 4 is 45.9 Å². The first-order chi connectivity index (χ1) is 15.5. The van der Waals surface area contributed by atoms with Crippen LogP contribution in [0, 0.1) is 3.57 Å². The molecule has 1 N–H and O–H groups in total. The summed E-state index contributed by atoms with van der Waals surface area (Å²) in [6.45, 7) is -0.349. The number of hydrogen-bond acceptors (Lipinski definition) is 5. The van der Waals surface area contributed by atoms with Gasteiger partial charge in [-0.1, -0.05) is 30.3 Å². The van der Waals surface area contributed by atoms with Crippen LogP contribution in [0.4, 0.5) is 0 Å². The second kappa shape index (κ2) is 11.8. The third-order valence-electron chi connectivity index (χ3n) is 4.59. The highest BCUT2D eigenvalue weighted by Crippen LogP contribution is 2.30. The van der Waals surface area contributed by atoms with E-state index in [0.29, 0.717) is 5.75 Å². The average Bonchev–Trinajstić information content (AvgIpc) is 2.81. The predicted octanol–water partition coefficient (Wildman–Crippen LogP) is 6.00. The molecule has 0 unspecified atom stereocenters. The summed E-state index contributed by atoms with van der Waals surface area (Å²) in [6, 6.07) is 21.8. The maximum Gasteiger partial charge on any atom is 0.341 e. The van der Waals surface area contributed by atoms with Crippen molar-refractivity contribution in [3.05, 3.63) is 87.5 Å². The summed E-state index contributed by atoms with van der Waals surface area (Å²) in [5.41, 5.74) is 3.33. The molecule has 0 aliphatic heterocycles. The molecular formula is C25H23IO5S. The molecule has 0 radical (unpaired) electrons. The van der Waals surface area contributed by atoms with Crippen LogP contribution in [0.25, 0.3) is 5.57 Å². The van der Waals surface area contributed by atoms with Crippen molar-refractivity contribution in [2.45, 2.75) is 4.90 Å². The van der Waals surface area contributed by atoms with Crippen LogP contribution >= 0.6 is 34.4 Å². The molecule has 166 valence electrons. The number of hydrogen-bond donors (Lipinski definition) is 1. The number of carboxylic acids is 1. The SMILES string of the molecule is COc1ccc(C(=CCSc2ccc(OCC(=O)O)c(I)c2)c2ccc(OC)cc2)cc1. The summed E-state index contributed by atoms with van der Waals surface area (Å²) in [6.07, 6.45) is 2.20.